The summed E-state index contributed by atoms with van der Waals surface area (Å²) in [7, 11) is -3.89. The van der Waals surface area contributed by atoms with E-state index in [2.05, 4.69) is 25.4 Å². The molecule has 1 saturated heterocycles. The first-order valence-electron chi connectivity index (χ1n) is 8.88. The van der Waals surface area contributed by atoms with Crippen LogP contribution < -0.4 is 9.44 Å². The van der Waals surface area contributed by atoms with Crippen LogP contribution in [0.25, 0.3) is 0 Å². The molecule has 1 fully saturated rings. The standard InChI is InChI=1S/C18H19BrN4O3S2/c19-13-6-7-14(18(24)22-8-2-1-3-9-22)15(11-13)21-28(25,26)17-5-4-10-23-16(17)12-20-27-23/h4-7,10-12,20-21H,1-3,8-9H2. The fraction of sp³-hybridized carbons (Fsp3) is 0.278. The first kappa shape index (κ1) is 19.4. The molecule has 4 rings (SSSR count). The van der Waals surface area contributed by atoms with Crippen LogP contribution in [-0.4, -0.2) is 36.6 Å². The van der Waals surface area contributed by atoms with Crippen LogP contribution in [0.2, 0.25) is 0 Å². The summed E-state index contributed by atoms with van der Waals surface area (Å²) in [5.74, 6) is -0.152. The third kappa shape index (κ3) is 3.81. The quantitative estimate of drug-likeness (QED) is 0.638. The van der Waals surface area contributed by atoms with Crippen LogP contribution in [0.15, 0.2) is 57.8 Å². The Labute approximate surface area is 177 Å². The van der Waals surface area contributed by atoms with Gasteiger partial charge in [-0.25, -0.2) is 8.42 Å². The summed E-state index contributed by atoms with van der Waals surface area (Å²) >= 11 is 4.66. The summed E-state index contributed by atoms with van der Waals surface area (Å²) in [4.78, 5) is 14.9. The monoisotopic (exact) mass is 482 g/mol. The number of likely N-dealkylation sites (tertiary alicyclic amines) is 1. The van der Waals surface area contributed by atoms with Gasteiger partial charge in [0.2, 0.25) is 0 Å². The minimum absolute atomic E-state index is 0.142. The zero-order chi connectivity index (χ0) is 19.7. The SMILES string of the molecule is O=C(c1ccc(Br)cc1NS(=O)(=O)C1=CC=CN2SNC=C12)N1CCCCC1. The maximum atomic E-state index is 13.1. The number of fused-ring (bicyclic) bond motifs is 1. The minimum Gasteiger partial charge on any atom is -0.339 e. The molecule has 0 aromatic heterocycles. The van der Waals surface area contributed by atoms with E-state index in [0.717, 1.165) is 19.3 Å². The topological polar surface area (TPSA) is 81.8 Å². The summed E-state index contributed by atoms with van der Waals surface area (Å²) in [5.41, 5.74) is 1.16. The van der Waals surface area contributed by atoms with Gasteiger partial charge in [0.15, 0.2) is 0 Å². The van der Waals surface area contributed by atoms with Crippen LogP contribution in [0.1, 0.15) is 29.6 Å². The number of halogens is 1. The van der Waals surface area contributed by atoms with Gasteiger partial charge in [-0.15, -0.1) is 0 Å². The van der Waals surface area contributed by atoms with E-state index in [0.29, 0.717) is 28.8 Å². The van der Waals surface area contributed by atoms with Crippen molar-refractivity contribution in [1.82, 2.24) is 13.9 Å². The number of nitrogens with zero attached hydrogens (tertiary/aromatic N) is 2. The number of amides is 1. The Balaban J connectivity index is 1.65. The molecule has 0 spiro atoms. The van der Waals surface area contributed by atoms with Gasteiger partial charge in [-0.05, 0) is 49.6 Å². The Morgan fingerprint density at radius 3 is 2.79 bits per heavy atom. The van der Waals surface area contributed by atoms with Crippen molar-refractivity contribution in [2.75, 3.05) is 17.8 Å². The van der Waals surface area contributed by atoms with Gasteiger partial charge in [0, 0.05) is 30.0 Å². The lowest BCUT2D eigenvalue weighted by Gasteiger charge is -2.28. The van der Waals surface area contributed by atoms with Gasteiger partial charge in [-0.1, -0.05) is 15.9 Å². The van der Waals surface area contributed by atoms with Crippen LogP contribution in [-0.2, 0) is 10.0 Å². The lowest BCUT2D eigenvalue weighted by atomic mass is 10.1. The molecule has 3 heterocycles. The maximum absolute atomic E-state index is 13.1. The Morgan fingerprint density at radius 1 is 1.21 bits per heavy atom. The van der Waals surface area contributed by atoms with E-state index in [4.69, 9.17) is 0 Å². The minimum atomic E-state index is -3.89. The molecule has 1 amide bonds. The molecule has 0 radical (unpaired) electrons. The molecule has 2 N–H and O–H groups in total. The highest BCUT2D eigenvalue weighted by atomic mass is 79.9. The van der Waals surface area contributed by atoms with Crippen molar-refractivity contribution in [3.63, 3.8) is 0 Å². The van der Waals surface area contributed by atoms with E-state index in [1.54, 1.807) is 52.0 Å². The van der Waals surface area contributed by atoms with Gasteiger partial charge in [0.05, 0.1) is 29.1 Å². The fourth-order valence-corrected chi connectivity index (χ4v) is 5.65. The van der Waals surface area contributed by atoms with E-state index >= 15 is 0 Å². The molecule has 0 bridgehead atoms. The summed E-state index contributed by atoms with van der Waals surface area (Å²) in [6.07, 6.45) is 9.69. The molecular formula is C18H19BrN4O3S2. The number of hydrogen-bond donors (Lipinski definition) is 2. The van der Waals surface area contributed by atoms with Crippen LogP contribution >= 0.6 is 28.1 Å². The van der Waals surface area contributed by atoms with E-state index < -0.39 is 10.0 Å². The molecule has 7 nitrogen and oxygen atoms in total. The average molecular weight is 483 g/mol. The van der Waals surface area contributed by atoms with Crippen molar-refractivity contribution < 1.29 is 13.2 Å². The number of carbonyl (C=O) groups is 1. The van der Waals surface area contributed by atoms with Gasteiger partial charge in [-0.2, -0.15) is 0 Å². The predicted octanol–water partition coefficient (Wildman–Crippen LogP) is 3.54. The zero-order valence-corrected chi connectivity index (χ0v) is 18.1. The largest absolute Gasteiger partial charge is 0.339 e. The van der Waals surface area contributed by atoms with Crippen molar-refractivity contribution in [2.45, 2.75) is 19.3 Å². The summed E-state index contributed by atoms with van der Waals surface area (Å²) in [6, 6.07) is 5.04. The van der Waals surface area contributed by atoms with Crippen LogP contribution in [0.3, 0.4) is 0 Å². The summed E-state index contributed by atoms with van der Waals surface area (Å²) in [5, 5.41) is 0. The zero-order valence-electron chi connectivity index (χ0n) is 14.9. The third-order valence-electron chi connectivity index (χ3n) is 4.69. The molecule has 3 aliphatic heterocycles. The van der Waals surface area contributed by atoms with E-state index in [-0.39, 0.29) is 16.5 Å². The van der Waals surface area contributed by atoms with Gasteiger partial charge in [0.25, 0.3) is 15.9 Å². The van der Waals surface area contributed by atoms with Crippen molar-refractivity contribution in [1.29, 1.82) is 0 Å². The summed E-state index contributed by atoms with van der Waals surface area (Å²) < 4.78 is 34.2. The van der Waals surface area contributed by atoms with Crippen molar-refractivity contribution in [2.24, 2.45) is 0 Å². The fourth-order valence-electron chi connectivity index (χ4n) is 3.32. The molecule has 0 saturated carbocycles. The van der Waals surface area contributed by atoms with E-state index in [1.165, 1.54) is 12.1 Å². The number of rotatable bonds is 4. The highest BCUT2D eigenvalue weighted by molar-refractivity contribution is 9.10. The molecule has 1 aromatic carbocycles. The predicted molar refractivity (Wildman–Crippen MR) is 114 cm³/mol. The molecular weight excluding hydrogens is 464 g/mol. The first-order chi connectivity index (χ1) is 13.5. The number of carbonyl (C=O) groups excluding carboxylic acids is 1. The highest BCUT2D eigenvalue weighted by Crippen LogP contribution is 2.34. The van der Waals surface area contributed by atoms with Gasteiger partial charge in [0.1, 0.15) is 4.91 Å². The van der Waals surface area contributed by atoms with Crippen LogP contribution in [0, 0.1) is 0 Å². The van der Waals surface area contributed by atoms with Crippen molar-refractivity contribution >= 4 is 49.7 Å². The second-order valence-corrected chi connectivity index (χ2v) is 9.96. The first-order valence-corrected chi connectivity index (χ1v) is 11.9. The van der Waals surface area contributed by atoms with Gasteiger partial charge >= 0.3 is 0 Å². The van der Waals surface area contributed by atoms with Crippen molar-refractivity contribution in [3.05, 3.63) is 63.4 Å². The van der Waals surface area contributed by atoms with E-state index in [9.17, 15) is 13.2 Å². The number of piperidine rings is 1. The average Bonchev–Trinajstić information content (AvgIpc) is 3.16. The Bertz CT molecular complexity index is 998. The molecule has 1 aromatic rings. The number of sulfonamides is 1. The third-order valence-corrected chi connectivity index (χ3v) is 7.34. The lowest BCUT2D eigenvalue weighted by Crippen LogP contribution is -2.36. The number of anilines is 1. The maximum Gasteiger partial charge on any atom is 0.264 e. The molecule has 3 aliphatic rings. The number of allylic oxidation sites excluding steroid dienone is 2. The Kier molecular flexibility index (Phi) is 5.44. The molecule has 28 heavy (non-hydrogen) atoms. The van der Waals surface area contributed by atoms with Crippen LogP contribution in [0.4, 0.5) is 5.69 Å². The molecule has 0 unspecified atom stereocenters. The van der Waals surface area contributed by atoms with Crippen LogP contribution in [0.5, 0.6) is 0 Å². The van der Waals surface area contributed by atoms with E-state index in [1.807, 2.05) is 0 Å². The van der Waals surface area contributed by atoms with Gasteiger partial charge in [-0.3, -0.25) is 13.8 Å². The normalized spacial score (nSPS) is 18.9. The molecule has 0 aliphatic carbocycles. The second kappa shape index (κ2) is 7.84. The number of nitrogens with one attached hydrogen (secondary N) is 2. The summed E-state index contributed by atoms with van der Waals surface area (Å²) in [6.45, 7) is 1.39. The molecule has 10 heteroatoms. The highest BCUT2D eigenvalue weighted by Gasteiger charge is 2.31. The van der Waals surface area contributed by atoms with Gasteiger partial charge < -0.3 is 9.62 Å². The number of benzene rings is 1. The molecule has 148 valence electrons. The smallest absolute Gasteiger partial charge is 0.264 e. The molecule has 0 atom stereocenters. The number of hydrogen-bond acceptors (Lipinski definition) is 6. The second-order valence-electron chi connectivity index (χ2n) is 6.59. The Morgan fingerprint density at radius 2 is 2.00 bits per heavy atom. The lowest BCUT2D eigenvalue weighted by molar-refractivity contribution is 0.0725. The van der Waals surface area contributed by atoms with Crippen molar-refractivity contribution in [3.8, 4) is 0 Å². The Hall–Kier alpha value is -1.91.